The van der Waals surface area contributed by atoms with Gasteiger partial charge in [0.05, 0.1) is 32.3 Å². The quantitative estimate of drug-likeness (QED) is 0.388. The fraction of sp³-hybridized carbons (Fsp3) is 0.240. The number of aliphatic carboxylic acids is 1. The topological polar surface area (TPSA) is 67.8 Å². The van der Waals surface area contributed by atoms with E-state index in [0.717, 1.165) is 27.9 Å². The predicted molar refractivity (Wildman–Crippen MR) is 119 cm³/mol. The van der Waals surface area contributed by atoms with Crippen LogP contribution < -0.4 is 10.1 Å². The Labute approximate surface area is 185 Å². The molecule has 0 saturated heterocycles. The van der Waals surface area contributed by atoms with Gasteiger partial charge in [0.1, 0.15) is 5.75 Å². The van der Waals surface area contributed by atoms with E-state index in [4.69, 9.17) is 14.6 Å². The van der Waals surface area contributed by atoms with Crippen LogP contribution in [0, 0.1) is 0 Å². The Morgan fingerprint density at radius 1 is 1.03 bits per heavy atom. The molecule has 7 heteroatoms. The summed E-state index contributed by atoms with van der Waals surface area (Å²) in [5.74, 6) is -0.760. The van der Waals surface area contributed by atoms with Crippen LogP contribution in [0.25, 0.3) is 11.1 Å². The number of alkyl halides is 2. The van der Waals surface area contributed by atoms with Gasteiger partial charge in [0, 0.05) is 12.2 Å². The number of anilines is 1. The van der Waals surface area contributed by atoms with Crippen LogP contribution in [0.4, 0.5) is 14.5 Å². The van der Waals surface area contributed by atoms with E-state index in [2.05, 4.69) is 5.32 Å². The third-order valence-electron chi connectivity index (χ3n) is 4.92. The minimum absolute atomic E-state index is 0.00607. The number of benzene rings is 3. The van der Waals surface area contributed by atoms with Crippen molar-refractivity contribution >= 4 is 11.7 Å². The van der Waals surface area contributed by atoms with Crippen LogP contribution in [0.5, 0.6) is 5.75 Å². The molecule has 0 aliphatic carbocycles. The Hall–Kier alpha value is -3.45. The maximum absolute atomic E-state index is 13.2. The van der Waals surface area contributed by atoms with E-state index in [-0.39, 0.29) is 30.9 Å². The van der Waals surface area contributed by atoms with Gasteiger partial charge in [0.25, 0.3) is 6.43 Å². The molecule has 32 heavy (non-hydrogen) atoms. The molecule has 0 heterocycles. The van der Waals surface area contributed by atoms with Gasteiger partial charge < -0.3 is 19.9 Å². The molecule has 0 spiro atoms. The van der Waals surface area contributed by atoms with Gasteiger partial charge in [-0.1, -0.05) is 42.5 Å². The van der Waals surface area contributed by atoms with Crippen molar-refractivity contribution in [1.82, 2.24) is 0 Å². The van der Waals surface area contributed by atoms with Crippen molar-refractivity contribution in [2.24, 2.45) is 0 Å². The lowest BCUT2D eigenvalue weighted by molar-refractivity contribution is -0.136. The van der Waals surface area contributed by atoms with Crippen LogP contribution in [0.15, 0.2) is 66.7 Å². The van der Waals surface area contributed by atoms with Crippen molar-refractivity contribution in [3.8, 4) is 16.9 Å². The van der Waals surface area contributed by atoms with Crippen molar-refractivity contribution in [2.45, 2.75) is 26.1 Å². The van der Waals surface area contributed by atoms with Crippen molar-refractivity contribution in [2.75, 3.05) is 19.0 Å². The molecule has 0 unspecified atom stereocenters. The first-order chi connectivity index (χ1) is 15.5. The van der Waals surface area contributed by atoms with Crippen LogP contribution in [0.2, 0.25) is 0 Å². The van der Waals surface area contributed by atoms with Crippen LogP contribution in [-0.4, -0.2) is 24.7 Å². The molecule has 5 nitrogen and oxygen atoms in total. The summed E-state index contributed by atoms with van der Waals surface area (Å²) in [5, 5.41) is 11.9. The van der Waals surface area contributed by atoms with Crippen molar-refractivity contribution in [1.29, 1.82) is 0 Å². The fourth-order valence-corrected chi connectivity index (χ4v) is 3.33. The summed E-state index contributed by atoms with van der Waals surface area (Å²) in [5.41, 5.74) is 4.01. The molecule has 2 N–H and O–H groups in total. The number of methoxy groups -OCH3 is 1. The monoisotopic (exact) mass is 441 g/mol. The van der Waals surface area contributed by atoms with Gasteiger partial charge in [-0.05, 0) is 46.5 Å². The highest BCUT2D eigenvalue weighted by atomic mass is 19.3. The highest BCUT2D eigenvalue weighted by molar-refractivity contribution is 5.72. The number of carboxylic acid groups (broad SMARTS) is 1. The zero-order valence-corrected chi connectivity index (χ0v) is 17.7. The number of ether oxygens (including phenoxy) is 2. The molecule has 0 saturated carbocycles. The molecule has 0 atom stereocenters. The Balaban J connectivity index is 1.86. The lowest BCUT2D eigenvalue weighted by Gasteiger charge is -2.16. The third kappa shape index (κ3) is 6.28. The van der Waals surface area contributed by atoms with Gasteiger partial charge in [-0.25, -0.2) is 8.78 Å². The molecule has 0 bridgehead atoms. The zero-order chi connectivity index (χ0) is 22.9. The first kappa shape index (κ1) is 23.2. The molecule has 0 fully saturated rings. The number of rotatable bonds is 11. The number of hydrogen-bond acceptors (Lipinski definition) is 4. The molecule has 3 aromatic carbocycles. The van der Waals surface area contributed by atoms with Crippen LogP contribution in [-0.2, 0) is 22.7 Å². The lowest BCUT2D eigenvalue weighted by Crippen LogP contribution is -2.08. The molecule has 0 aliphatic rings. The molecular weight excluding hydrogens is 416 g/mol. The van der Waals surface area contributed by atoms with E-state index < -0.39 is 12.4 Å². The standard InChI is InChI=1S/C25H25F2NO4/c1-31-23-14-18(7-9-22(23)25(26)27)21-10-8-20(28-12-11-24(29)30)13-19(21)16-32-15-17-5-3-2-4-6-17/h2-10,13-14,25,28H,11-12,15-16H2,1H3,(H,29,30). The van der Waals surface area contributed by atoms with E-state index >= 15 is 0 Å². The van der Waals surface area contributed by atoms with Crippen LogP contribution >= 0.6 is 0 Å². The highest BCUT2D eigenvalue weighted by Gasteiger charge is 2.16. The summed E-state index contributed by atoms with van der Waals surface area (Å²) in [6.07, 6.45) is -2.64. The number of halogens is 2. The van der Waals surface area contributed by atoms with Gasteiger partial charge in [0.15, 0.2) is 0 Å². The number of carbonyl (C=O) groups is 1. The van der Waals surface area contributed by atoms with Crippen molar-refractivity contribution < 1.29 is 28.2 Å². The van der Waals surface area contributed by atoms with E-state index in [1.165, 1.54) is 13.2 Å². The molecular formula is C25H25F2NO4. The smallest absolute Gasteiger partial charge is 0.305 e. The normalized spacial score (nSPS) is 10.9. The van der Waals surface area contributed by atoms with Crippen molar-refractivity contribution in [3.05, 3.63) is 83.4 Å². The first-order valence-corrected chi connectivity index (χ1v) is 10.1. The Morgan fingerprint density at radius 2 is 1.81 bits per heavy atom. The predicted octanol–water partition coefficient (Wildman–Crippen LogP) is 5.90. The van der Waals surface area contributed by atoms with Crippen LogP contribution in [0.3, 0.4) is 0 Å². The number of carboxylic acids is 1. The summed E-state index contributed by atoms with van der Waals surface area (Å²) in [6, 6.07) is 19.9. The second kappa shape index (κ2) is 11.2. The van der Waals surface area contributed by atoms with E-state index in [1.807, 2.05) is 48.5 Å². The first-order valence-electron chi connectivity index (χ1n) is 10.1. The van der Waals surface area contributed by atoms with Gasteiger partial charge in [-0.2, -0.15) is 0 Å². The molecule has 3 rings (SSSR count). The molecule has 0 aliphatic heterocycles. The van der Waals surface area contributed by atoms with Crippen LogP contribution in [0.1, 0.15) is 29.5 Å². The largest absolute Gasteiger partial charge is 0.496 e. The van der Waals surface area contributed by atoms with E-state index in [9.17, 15) is 13.6 Å². The van der Waals surface area contributed by atoms with Crippen molar-refractivity contribution in [3.63, 3.8) is 0 Å². The summed E-state index contributed by atoms with van der Waals surface area (Å²) < 4.78 is 37.5. The minimum atomic E-state index is -2.63. The van der Waals surface area contributed by atoms with E-state index in [0.29, 0.717) is 6.61 Å². The molecule has 0 aromatic heterocycles. The lowest BCUT2D eigenvalue weighted by atomic mass is 9.97. The summed E-state index contributed by atoms with van der Waals surface area (Å²) >= 11 is 0. The average Bonchev–Trinajstić information content (AvgIpc) is 2.79. The number of hydrogen-bond donors (Lipinski definition) is 2. The molecule has 0 amide bonds. The third-order valence-corrected chi connectivity index (χ3v) is 4.92. The summed E-state index contributed by atoms with van der Waals surface area (Å²) in [4.78, 5) is 10.8. The zero-order valence-electron chi connectivity index (χ0n) is 17.7. The number of nitrogens with one attached hydrogen (secondary N) is 1. The molecule has 3 aromatic rings. The van der Waals surface area contributed by atoms with Gasteiger partial charge in [-0.15, -0.1) is 0 Å². The molecule has 0 radical (unpaired) electrons. The highest BCUT2D eigenvalue weighted by Crippen LogP contribution is 2.35. The minimum Gasteiger partial charge on any atom is -0.496 e. The SMILES string of the molecule is COc1cc(-c2ccc(NCCC(=O)O)cc2COCc2ccccc2)ccc1C(F)F. The van der Waals surface area contributed by atoms with Gasteiger partial charge >= 0.3 is 5.97 Å². The van der Waals surface area contributed by atoms with Gasteiger partial charge in [-0.3, -0.25) is 4.79 Å². The summed E-state index contributed by atoms with van der Waals surface area (Å²) in [6.45, 7) is 0.998. The average molecular weight is 441 g/mol. The maximum atomic E-state index is 13.2. The van der Waals surface area contributed by atoms with Gasteiger partial charge in [0.2, 0.25) is 0 Å². The summed E-state index contributed by atoms with van der Waals surface area (Å²) in [7, 11) is 1.37. The Bertz CT molecular complexity index is 1040. The second-order valence-corrected chi connectivity index (χ2v) is 7.18. The maximum Gasteiger partial charge on any atom is 0.305 e. The fourth-order valence-electron chi connectivity index (χ4n) is 3.33. The Morgan fingerprint density at radius 3 is 2.50 bits per heavy atom. The van der Waals surface area contributed by atoms with E-state index in [1.54, 1.807) is 12.1 Å². The Kier molecular flexibility index (Phi) is 8.16. The molecule has 168 valence electrons. The second-order valence-electron chi connectivity index (χ2n) is 7.18.